The minimum absolute atomic E-state index is 1.03. The van der Waals surface area contributed by atoms with Crippen LogP contribution in [0, 0.1) is 0 Å². The predicted octanol–water partition coefficient (Wildman–Crippen LogP) is 15.8. The predicted molar refractivity (Wildman–Crippen MR) is 370 cm³/mol. The number of para-hydroxylation sites is 4. The number of likely N-dealkylation sites (N-methyl/N-ethyl adjacent to an activating group) is 4. The first kappa shape index (κ1) is 57.6. The second kappa shape index (κ2) is 26.7. The molecule has 0 bridgehead atoms. The summed E-state index contributed by atoms with van der Waals surface area (Å²) >= 11 is 0. The molecule has 0 spiro atoms. The maximum atomic E-state index is 4.18. The lowest BCUT2D eigenvalue weighted by Gasteiger charge is -2.23. The van der Waals surface area contributed by atoms with Crippen molar-refractivity contribution in [2.24, 2.45) is 0 Å². The number of fused-ring (bicyclic) bond motifs is 12. The smallest absolute Gasteiger partial charge is 0.0528 e. The van der Waals surface area contributed by atoms with Crippen LogP contribution in [0.5, 0.6) is 0 Å². The van der Waals surface area contributed by atoms with Crippen LogP contribution in [0.25, 0.3) is 92.7 Å². The molecule has 10 heteroatoms. The van der Waals surface area contributed by atoms with E-state index in [2.05, 4.69) is 289 Å². The molecule has 12 aromatic rings. The topological polar surface area (TPSA) is 58.5 Å². The van der Waals surface area contributed by atoms with Crippen molar-refractivity contribution in [3.63, 3.8) is 0 Å². The quantitative estimate of drug-likeness (QED) is 0.151. The largest absolute Gasteiger partial charge is 0.320 e. The highest BCUT2D eigenvalue weighted by Gasteiger charge is 2.25. The van der Waals surface area contributed by atoms with Crippen molar-refractivity contribution in [3.05, 3.63) is 274 Å². The first-order valence-electron chi connectivity index (χ1n) is 31.1. The van der Waals surface area contributed by atoms with Gasteiger partial charge in [-0.2, -0.15) is 0 Å². The van der Waals surface area contributed by atoms with E-state index in [0.717, 1.165) is 83.6 Å². The highest BCUT2D eigenvalue weighted by molar-refractivity contribution is 5.92. The summed E-state index contributed by atoms with van der Waals surface area (Å²) in [5.74, 6) is 0. The fourth-order valence-electron chi connectivity index (χ4n) is 13.3. The zero-order valence-electron chi connectivity index (χ0n) is 51.2. The molecule has 0 atom stereocenters. The van der Waals surface area contributed by atoms with Crippen LogP contribution < -0.4 is 0 Å². The maximum Gasteiger partial charge on any atom is 0.0528 e. The first-order chi connectivity index (χ1) is 43.3. The van der Waals surface area contributed by atoms with E-state index in [1.807, 2.05) is 36.8 Å². The monoisotopic (exact) mass is 1150 g/mol. The van der Waals surface area contributed by atoms with E-state index < -0.39 is 0 Å². The number of benzene rings is 6. The molecule has 16 rings (SSSR count). The van der Waals surface area contributed by atoms with Crippen molar-refractivity contribution in [2.45, 2.75) is 51.9 Å². The molecular weight excluding hydrogens is 1080 g/mol. The van der Waals surface area contributed by atoms with Gasteiger partial charge in [0.05, 0.1) is 22.1 Å². The molecule has 6 aromatic heterocycles. The summed E-state index contributed by atoms with van der Waals surface area (Å²) in [7, 11) is 8.80. The molecule has 10 nitrogen and oxygen atoms in total. The van der Waals surface area contributed by atoms with Crippen molar-refractivity contribution in [1.82, 2.24) is 47.8 Å². The lowest BCUT2D eigenvalue weighted by Crippen LogP contribution is -2.26. The summed E-state index contributed by atoms with van der Waals surface area (Å²) in [6.45, 7) is 8.64. The van der Waals surface area contributed by atoms with Crippen molar-refractivity contribution in [2.75, 3.05) is 54.4 Å². The van der Waals surface area contributed by atoms with Crippen molar-refractivity contribution >= 4 is 92.7 Å². The molecule has 4 aliphatic heterocycles. The third-order valence-electron chi connectivity index (χ3n) is 17.8. The number of rotatable bonds is 8. The summed E-state index contributed by atoms with van der Waals surface area (Å²) in [6, 6.07) is 64.0. The second-order valence-corrected chi connectivity index (χ2v) is 23.9. The molecule has 6 aromatic carbocycles. The van der Waals surface area contributed by atoms with E-state index in [4.69, 9.17) is 0 Å². The average molecular weight is 1160 g/mol. The maximum absolute atomic E-state index is 4.18. The number of pyridine rings is 2. The van der Waals surface area contributed by atoms with Crippen molar-refractivity contribution in [1.29, 1.82) is 0 Å². The Hall–Kier alpha value is -9.42. The molecule has 0 fully saturated rings. The standard InChI is InChI=1S/2C20H20N2.2C19H19N3/c2*1-21-13-12-20-18(15-21)17-9-5-6-10-19(17)22(20)14-11-16-7-3-2-4-8-16;1-21-11-9-19-17(14-21)16-6-2-3-7-18(16)22(19)12-8-15-5-4-10-20-13-15;1-21-12-9-19-17(14-21)16-4-2-3-5-18(16)22(19)13-8-15-6-10-20-11-7-15/h2*2-11,14H,12-13,15H2,1H3;2-8,10,12-13H,9,11,14H2,1H3;2-8,10-11,13H,9,12,14H2,1H3/b14-11+;14-11-;12-8-;13-8+. The van der Waals surface area contributed by atoms with Gasteiger partial charge < -0.3 is 37.9 Å². The molecule has 440 valence electrons. The molecular formula is C78H78N10. The van der Waals surface area contributed by atoms with Crippen LogP contribution in [0.1, 0.15) is 67.3 Å². The van der Waals surface area contributed by atoms with Crippen LogP contribution in [0.3, 0.4) is 0 Å². The first-order valence-corrected chi connectivity index (χ1v) is 31.1. The number of hydrogen-bond acceptors (Lipinski definition) is 6. The van der Waals surface area contributed by atoms with E-state index in [0.29, 0.717) is 0 Å². The van der Waals surface area contributed by atoms with Gasteiger partial charge in [-0.05, 0) is 139 Å². The van der Waals surface area contributed by atoms with Gasteiger partial charge in [0.2, 0.25) is 0 Å². The number of aromatic nitrogens is 6. The van der Waals surface area contributed by atoms with Gasteiger partial charge in [0.25, 0.3) is 0 Å². The Morgan fingerprint density at radius 2 is 0.568 bits per heavy atom. The Kier molecular flexibility index (Phi) is 17.5. The van der Waals surface area contributed by atoms with Crippen LogP contribution in [0.4, 0.5) is 0 Å². The third kappa shape index (κ3) is 12.6. The van der Waals surface area contributed by atoms with Crippen molar-refractivity contribution in [3.8, 4) is 0 Å². The van der Waals surface area contributed by atoms with Gasteiger partial charge in [-0.1, -0.05) is 140 Å². The minimum atomic E-state index is 1.03. The van der Waals surface area contributed by atoms with Crippen LogP contribution >= 0.6 is 0 Å². The van der Waals surface area contributed by atoms with E-state index >= 15 is 0 Å². The highest BCUT2D eigenvalue weighted by atomic mass is 15.1. The Labute approximate surface area is 518 Å². The zero-order chi connectivity index (χ0) is 59.8. The van der Waals surface area contributed by atoms with Crippen LogP contribution in [0.2, 0.25) is 0 Å². The van der Waals surface area contributed by atoms with Crippen molar-refractivity contribution < 1.29 is 0 Å². The van der Waals surface area contributed by atoms with E-state index in [-0.39, 0.29) is 0 Å². The highest BCUT2D eigenvalue weighted by Crippen LogP contribution is 2.35. The summed E-state index contributed by atoms with van der Waals surface area (Å²) in [5.41, 5.74) is 21.7. The molecule has 10 heterocycles. The summed E-state index contributed by atoms with van der Waals surface area (Å²) < 4.78 is 9.47. The third-order valence-corrected chi connectivity index (χ3v) is 17.8. The summed E-state index contributed by atoms with van der Waals surface area (Å²) in [5, 5.41) is 5.53. The molecule has 0 aliphatic carbocycles. The molecule has 0 unspecified atom stereocenters. The Morgan fingerprint density at radius 1 is 0.284 bits per heavy atom. The fraction of sp³-hybridized carbons (Fsp3) is 0.205. The Bertz CT molecular complexity index is 3890. The van der Waals surface area contributed by atoms with Crippen LogP contribution in [-0.4, -0.2) is 102 Å². The normalized spacial score (nSPS) is 15.5. The summed E-state index contributed by atoms with van der Waals surface area (Å²) in [6.07, 6.45) is 29.3. The Balaban J connectivity index is 0.000000108. The second-order valence-electron chi connectivity index (χ2n) is 23.9. The van der Waals surface area contributed by atoms with Gasteiger partial charge in [0, 0.05) is 172 Å². The van der Waals surface area contributed by atoms with Gasteiger partial charge in [-0.25, -0.2) is 0 Å². The molecule has 0 radical (unpaired) electrons. The molecule has 0 saturated carbocycles. The van der Waals surface area contributed by atoms with Gasteiger partial charge >= 0.3 is 0 Å². The van der Waals surface area contributed by atoms with E-state index in [1.54, 1.807) is 6.20 Å². The Morgan fingerprint density at radius 3 is 0.886 bits per heavy atom. The van der Waals surface area contributed by atoms with E-state index in [1.165, 1.54) is 105 Å². The number of nitrogens with zero attached hydrogens (tertiary/aromatic N) is 10. The SMILES string of the molecule is CN1CCc2c(c3ccccc3n2/C=C/c2ccccc2)C1.CN1CCc2c(c3ccccc3n2/C=C/c2ccncc2)C1.CN1CCc2c(c3ccccc3n2/C=C\c2ccccc2)C1.CN1CCc2c(c3ccccc3n2/C=C\c2cccnc2)C1. The molecule has 0 N–H and O–H groups in total. The minimum Gasteiger partial charge on any atom is -0.320 e. The molecule has 4 aliphatic rings. The fourth-order valence-corrected chi connectivity index (χ4v) is 13.3. The molecule has 0 amide bonds. The zero-order valence-corrected chi connectivity index (χ0v) is 51.2. The van der Waals surface area contributed by atoms with Crippen LogP contribution in [-0.2, 0) is 51.9 Å². The molecule has 88 heavy (non-hydrogen) atoms. The lowest BCUT2D eigenvalue weighted by atomic mass is 10.1. The molecule has 0 saturated heterocycles. The average Bonchev–Trinajstić information content (AvgIpc) is 2.18. The summed E-state index contributed by atoms with van der Waals surface area (Å²) in [4.78, 5) is 17.8. The van der Waals surface area contributed by atoms with Gasteiger partial charge in [0.1, 0.15) is 0 Å². The lowest BCUT2D eigenvalue weighted by molar-refractivity contribution is 0.312. The van der Waals surface area contributed by atoms with Crippen LogP contribution in [0.15, 0.2) is 207 Å². The number of hydrogen-bond donors (Lipinski definition) is 0. The van der Waals surface area contributed by atoms with E-state index in [9.17, 15) is 0 Å². The van der Waals surface area contributed by atoms with Gasteiger partial charge in [-0.3, -0.25) is 9.97 Å². The van der Waals surface area contributed by atoms with Gasteiger partial charge in [-0.15, -0.1) is 0 Å². The van der Waals surface area contributed by atoms with Gasteiger partial charge in [0.15, 0.2) is 0 Å².